The third kappa shape index (κ3) is 3.23. The Balaban J connectivity index is 1.70. The molecule has 0 amide bonds. The van der Waals surface area contributed by atoms with Gasteiger partial charge in [0.25, 0.3) is 0 Å². The molecule has 1 aromatic carbocycles. The monoisotopic (exact) mass is 306 g/mol. The van der Waals surface area contributed by atoms with Gasteiger partial charge in [0.15, 0.2) is 0 Å². The molecule has 4 unspecified atom stereocenters. The molecule has 4 atom stereocenters. The minimum absolute atomic E-state index is 0.164. The van der Waals surface area contributed by atoms with Crippen LogP contribution in [0.4, 0.5) is 0 Å². The number of benzene rings is 1. The highest BCUT2D eigenvalue weighted by Crippen LogP contribution is 2.48. The molecular formula is C19H27ClO. The molecule has 0 radical (unpaired) electrons. The number of ether oxygens (including phenoxy) is 1. The molecule has 2 aliphatic rings. The van der Waals surface area contributed by atoms with Crippen LogP contribution in [0.3, 0.4) is 0 Å². The van der Waals surface area contributed by atoms with Gasteiger partial charge in [-0.25, -0.2) is 0 Å². The Morgan fingerprint density at radius 1 is 1.10 bits per heavy atom. The van der Waals surface area contributed by atoms with E-state index in [0.29, 0.717) is 5.92 Å². The SMILES string of the molecule is COc1ccc(C(Cl)C2CCC3CCCCC3C2)cc1C. The van der Waals surface area contributed by atoms with Gasteiger partial charge >= 0.3 is 0 Å². The molecule has 0 spiro atoms. The van der Waals surface area contributed by atoms with Crippen molar-refractivity contribution in [2.75, 3.05) is 7.11 Å². The summed E-state index contributed by atoms with van der Waals surface area (Å²) >= 11 is 6.84. The number of fused-ring (bicyclic) bond motifs is 1. The van der Waals surface area contributed by atoms with Gasteiger partial charge in [0.05, 0.1) is 12.5 Å². The summed E-state index contributed by atoms with van der Waals surface area (Å²) in [5.41, 5.74) is 2.46. The van der Waals surface area contributed by atoms with Crippen molar-refractivity contribution in [2.45, 2.75) is 57.2 Å². The normalized spacial score (nSPS) is 30.5. The lowest BCUT2D eigenvalue weighted by Crippen LogP contribution is -2.29. The highest BCUT2D eigenvalue weighted by atomic mass is 35.5. The highest BCUT2D eigenvalue weighted by Gasteiger charge is 2.35. The first-order valence-electron chi connectivity index (χ1n) is 8.47. The standard InChI is InChI=1S/C19H27ClO/c1-13-11-16(9-10-18(13)21-2)19(20)17-8-7-14-5-3-4-6-15(14)12-17/h9-11,14-15,17,19H,3-8,12H2,1-2H3. The van der Waals surface area contributed by atoms with E-state index in [2.05, 4.69) is 25.1 Å². The zero-order chi connectivity index (χ0) is 14.8. The molecular weight excluding hydrogens is 280 g/mol. The summed E-state index contributed by atoms with van der Waals surface area (Å²) in [5, 5.41) is 0.164. The van der Waals surface area contributed by atoms with Gasteiger partial charge in [-0.3, -0.25) is 0 Å². The van der Waals surface area contributed by atoms with E-state index in [1.165, 1.54) is 56.1 Å². The van der Waals surface area contributed by atoms with Gasteiger partial charge in [0.1, 0.15) is 5.75 Å². The summed E-state index contributed by atoms with van der Waals surface area (Å²) in [7, 11) is 1.73. The summed E-state index contributed by atoms with van der Waals surface area (Å²) < 4.78 is 5.35. The van der Waals surface area contributed by atoms with E-state index >= 15 is 0 Å². The van der Waals surface area contributed by atoms with E-state index in [1.54, 1.807) is 7.11 Å². The predicted molar refractivity (Wildman–Crippen MR) is 89.1 cm³/mol. The number of hydrogen-bond donors (Lipinski definition) is 0. The van der Waals surface area contributed by atoms with Crippen LogP contribution < -0.4 is 4.74 Å². The second-order valence-electron chi connectivity index (χ2n) is 7.01. The molecule has 2 heteroatoms. The van der Waals surface area contributed by atoms with Gasteiger partial charge in [-0.2, -0.15) is 0 Å². The van der Waals surface area contributed by atoms with Gasteiger partial charge in [-0.1, -0.05) is 37.8 Å². The fourth-order valence-corrected chi connectivity index (χ4v) is 4.89. The maximum atomic E-state index is 6.84. The fraction of sp³-hybridized carbons (Fsp3) is 0.684. The van der Waals surface area contributed by atoms with Crippen molar-refractivity contribution >= 4 is 11.6 Å². The molecule has 0 heterocycles. The van der Waals surface area contributed by atoms with E-state index in [9.17, 15) is 0 Å². The van der Waals surface area contributed by atoms with Crippen molar-refractivity contribution < 1.29 is 4.74 Å². The Kier molecular flexibility index (Phi) is 4.78. The number of rotatable bonds is 3. The number of methoxy groups -OCH3 is 1. The van der Waals surface area contributed by atoms with Crippen LogP contribution in [0.5, 0.6) is 5.75 Å². The second kappa shape index (κ2) is 6.60. The lowest BCUT2D eigenvalue weighted by molar-refractivity contribution is 0.127. The summed E-state index contributed by atoms with van der Waals surface area (Å²) in [4.78, 5) is 0. The van der Waals surface area contributed by atoms with E-state index in [0.717, 1.165) is 17.6 Å². The van der Waals surface area contributed by atoms with Gasteiger partial charge in [-0.05, 0) is 61.1 Å². The second-order valence-corrected chi connectivity index (χ2v) is 7.48. The maximum absolute atomic E-state index is 6.84. The molecule has 2 fully saturated rings. The van der Waals surface area contributed by atoms with E-state index in [1.807, 2.05) is 0 Å². The largest absolute Gasteiger partial charge is 0.496 e. The first kappa shape index (κ1) is 15.2. The third-order valence-corrected chi connectivity index (χ3v) is 6.34. The first-order chi connectivity index (χ1) is 10.2. The smallest absolute Gasteiger partial charge is 0.121 e. The first-order valence-corrected chi connectivity index (χ1v) is 8.91. The molecule has 1 nitrogen and oxygen atoms in total. The zero-order valence-electron chi connectivity index (χ0n) is 13.3. The van der Waals surface area contributed by atoms with Gasteiger partial charge in [0.2, 0.25) is 0 Å². The summed E-state index contributed by atoms with van der Waals surface area (Å²) in [6.07, 6.45) is 9.83. The zero-order valence-corrected chi connectivity index (χ0v) is 14.0. The van der Waals surface area contributed by atoms with Crippen molar-refractivity contribution in [1.82, 2.24) is 0 Å². The summed E-state index contributed by atoms with van der Waals surface area (Å²) in [5.74, 6) is 3.55. The average Bonchev–Trinajstić information content (AvgIpc) is 2.53. The molecule has 0 bridgehead atoms. The van der Waals surface area contributed by atoms with Crippen molar-refractivity contribution in [1.29, 1.82) is 0 Å². The van der Waals surface area contributed by atoms with Gasteiger partial charge < -0.3 is 4.74 Å². The Hall–Kier alpha value is -0.690. The van der Waals surface area contributed by atoms with Crippen LogP contribution in [-0.4, -0.2) is 7.11 Å². The molecule has 2 saturated carbocycles. The molecule has 116 valence electrons. The number of aryl methyl sites for hydroxylation is 1. The molecule has 0 aliphatic heterocycles. The fourth-order valence-electron chi connectivity index (χ4n) is 4.52. The molecule has 0 saturated heterocycles. The minimum Gasteiger partial charge on any atom is -0.496 e. The minimum atomic E-state index is 0.164. The molecule has 2 aliphatic carbocycles. The molecule has 1 aromatic rings. The van der Waals surface area contributed by atoms with Crippen molar-refractivity contribution in [3.05, 3.63) is 29.3 Å². The number of alkyl halides is 1. The topological polar surface area (TPSA) is 9.23 Å². The Morgan fingerprint density at radius 2 is 1.86 bits per heavy atom. The van der Waals surface area contributed by atoms with E-state index in [4.69, 9.17) is 16.3 Å². The summed E-state index contributed by atoms with van der Waals surface area (Å²) in [6, 6.07) is 6.42. The lowest BCUT2D eigenvalue weighted by atomic mass is 9.66. The quantitative estimate of drug-likeness (QED) is 0.633. The van der Waals surface area contributed by atoms with Crippen LogP contribution in [0.1, 0.15) is 61.4 Å². The average molecular weight is 307 g/mol. The van der Waals surface area contributed by atoms with Gasteiger partial charge in [-0.15, -0.1) is 11.6 Å². The Bertz CT molecular complexity index is 484. The van der Waals surface area contributed by atoms with Crippen LogP contribution in [0.2, 0.25) is 0 Å². The molecule has 0 N–H and O–H groups in total. The summed E-state index contributed by atoms with van der Waals surface area (Å²) in [6.45, 7) is 2.10. The van der Waals surface area contributed by atoms with Crippen molar-refractivity contribution in [3.8, 4) is 5.75 Å². The maximum Gasteiger partial charge on any atom is 0.121 e. The van der Waals surface area contributed by atoms with E-state index < -0.39 is 0 Å². The highest BCUT2D eigenvalue weighted by molar-refractivity contribution is 6.21. The molecule has 3 rings (SSSR count). The van der Waals surface area contributed by atoms with Crippen LogP contribution in [0, 0.1) is 24.7 Å². The Labute approximate surface area is 134 Å². The van der Waals surface area contributed by atoms with E-state index in [-0.39, 0.29) is 5.38 Å². The van der Waals surface area contributed by atoms with Crippen molar-refractivity contribution in [2.24, 2.45) is 17.8 Å². The van der Waals surface area contributed by atoms with Crippen LogP contribution in [0.25, 0.3) is 0 Å². The van der Waals surface area contributed by atoms with Crippen LogP contribution in [0.15, 0.2) is 18.2 Å². The van der Waals surface area contributed by atoms with Gasteiger partial charge in [0, 0.05) is 0 Å². The van der Waals surface area contributed by atoms with Crippen LogP contribution >= 0.6 is 11.6 Å². The van der Waals surface area contributed by atoms with Crippen molar-refractivity contribution in [3.63, 3.8) is 0 Å². The molecule has 0 aromatic heterocycles. The number of hydrogen-bond acceptors (Lipinski definition) is 1. The third-order valence-electron chi connectivity index (χ3n) is 5.73. The lowest BCUT2D eigenvalue weighted by Gasteiger charge is -2.40. The number of halogens is 1. The predicted octanol–water partition coefficient (Wildman–Crippen LogP) is 5.89. The van der Waals surface area contributed by atoms with Crippen LogP contribution in [-0.2, 0) is 0 Å². The molecule has 21 heavy (non-hydrogen) atoms. The Morgan fingerprint density at radius 3 is 2.57 bits per heavy atom.